The van der Waals surface area contributed by atoms with Gasteiger partial charge in [0.15, 0.2) is 0 Å². The molecule has 0 heterocycles. The second-order valence-corrected chi connectivity index (χ2v) is 3.42. The summed E-state index contributed by atoms with van der Waals surface area (Å²) < 4.78 is 0. The van der Waals surface area contributed by atoms with Crippen molar-refractivity contribution in [2.75, 3.05) is 14.1 Å². The first-order valence-electron chi connectivity index (χ1n) is 4.92. The third-order valence-electron chi connectivity index (χ3n) is 1.96. The molecule has 1 atom stereocenters. The first-order chi connectivity index (χ1) is 5.70. The Hall–Kier alpha value is -0.530. The Morgan fingerprint density at radius 3 is 2.42 bits per heavy atom. The van der Waals surface area contributed by atoms with Crippen molar-refractivity contribution in [3.05, 3.63) is 0 Å². The smallest absolute Gasteiger partial charge is 0.0275 e. The summed E-state index contributed by atoms with van der Waals surface area (Å²) in [6.07, 6.45) is 7.17. The van der Waals surface area contributed by atoms with E-state index in [1.54, 1.807) is 0 Å². The molecule has 72 valence electrons. The molecule has 0 radical (unpaired) electrons. The minimum Gasteiger partial charge on any atom is -0.303 e. The SMILES string of the molecule is CCCCC(/C=N/N(C)C)CC. The van der Waals surface area contributed by atoms with Crippen molar-refractivity contribution in [1.82, 2.24) is 5.01 Å². The Kier molecular flexibility index (Phi) is 6.82. The van der Waals surface area contributed by atoms with E-state index in [-0.39, 0.29) is 0 Å². The highest BCUT2D eigenvalue weighted by atomic mass is 15.4. The van der Waals surface area contributed by atoms with Crippen molar-refractivity contribution in [1.29, 1.82) is 0 Å². The zero-order valence-electron chi connectivity index (χ0n) is 8.88. The molecule has 0 rings (SSSR count). The minimum atomic E-state index is 0.673. The third kappa shape index (κ3) is 6.20. The van der Waals surface area contributed by atoms with Crippen LogP contribution in [0.1, 0.15) is 39.5 Å². The number of unbranched alkanes of at least 4 members (excludes halogenated alkanes) is 1. The van der Waals surface area contributed by atoms with Gasteiger partial charge in [-0.05, 0) is 18.8 Å². The van der Waals surface area contributed by atoms with E-state index in [1.807, 2.05) is 19.1 Å². The summed E-state index contributed by atoms with van der Waals surface area (Å²) in [6, 6.07) is 0. The third-order valence-corrected chi connectivity index (χ3v) is 1.96. The van der Waals surface area contributed by atoms with E-state index in [2.05, 4.69) is 25.2 Å². The molecule has 0 aromatic heterocycles. The van der Waals surface area contributed by atoms with Gasteiger partial charge in [0.05, 0.1) is 0 Å². The highest BCUT2D eigenvalue weighted by molar-refractivity contribution is 5.60. The summed E-state index contributed by atoms with van der Waals surface area (Å²) in [4.78, 5) is 0. The second kappa shape index (κ2) is 7.14. The topological polar surface area (TPSA) is 15.6 Å². The standard InChI is InChI=1S/C10H22N2/c1-5-7-8-10(6-2)9-11-12(3)4/h9-10H,5-8H2,1-4H3/b11-9+. The van der Waals surface area contributed by atoms with E-state index in [4.69, 9.17) is 0 Å². The van der Waals surface area contributed by atoms with Gasteiger partial charge in [0, 0.05) is 20.3 Å². The molecule has 1 unspecified atom stereocenters. The van der Waals surface area contributed by atoms with E-state index < -0.39 is 0 Å². The van der Waals surface area contributed by atoms with Gasteiger partial charge in [0.2, 0.25) is 0 Å². The zero-order valence-corrected chi connectivity index (χ0v) is 8.88. The number of rotatable bonds is 6. The molecule has 0 fully saturated rings. The van der Waals surface area contributed by atoms with Gasteiger partial charge >= 0.3 is 0 Å². The summed E-state index contributed by atoms with van der Waals surface area (Å²) in [7, 11) is 3.92. The second-order valence-electron chi connectivity index (χ2n) is 3.42. The van der Waals surface area contributed by atoms with Crippen molar-refractivity contribution in [2.45, 2.75) is 39.5 Å². The zero-order chi connectivity index (χ0) is 9.40. The number of hydrogen-bond acceptors (Lipinski definition) is 2. The van der Waals surface area contributed by atoms with Crippen LogP contribution in [0.4, 0.5) is 0 Å². The molecule has 2 heteroatoms. The Labute approximate surface area is 76.6 Å². The molecule has 0 saturated heterocycles. The Morgan fingerprint density at radius 2 is 2.00 bits per heavy atom. The Bertz CT molecular complexity index is 119. The molecule has 0 aromatic rings. The van der Waals surface area contributed by atoms with Crippen LogP contribution in [-0.2, 0) is 0 Å². The van der Waals surface area contributed by atoms with Gasteiger partial charge in [-0.3, -0.25) is 0 Å². The van der Waals surface area contributed by atoms with Crippen LogP contribution in [0, 0.1) is 5.92 Å². The maximum Gasteiger partial charge on any atom is 0.0275 e. The Balaban J connectivity index is 3.66. The van der Waals surface area contributed by atoms with Gasteiger partial charge < -0.3 is 5.01 Å². The van der Waals surface area contributed by atoms with Crippen LogP contribution in [0.25, 0.3) is 0 Å². The molecule has 12 heavy (non-hydrogen) atoms. The van der Waals surface area contributed by atoms with Crippen molar-refractivity contribution >= 4 is 6.21 Å². The molecule has 0 amide bonds. The monoisotopic (exact) mass is 170 g/mol. The Morgan fingerprint density at radius 1 is 1.33 bits per heavy atom. The van der Waals surface area contributed by atoms with Crippen molar-refractivity contribution < 1.29 is 0 Å². The molecule has 0 aliphatic heterocycles. The molecule has 0 N–H and O–H groups in total. The molecule has 0 bridgehead atoms. The van der Waals surface area contributed by atoms with E-state index in [9.17, 15) is 0 Å². The van der Waals surface area contributed by atoms with Gasteiger partial charge in [-0.2, -0.15) is 5.10 Å². The van der Waals surface area contributed by atoms with Gasteiger partial charge in [0.1, 0.15) is 0 Å². The molecule has 0 saturated carbocycles. The fourth-order valence-electron chi connectivity index (χ4n) is 1.08. The van der Waals surface area contributed by atoms with E-state index in [0.717, 1.165) is 0 Å². The predicted octanol–water partition coefficient (Wildman–Crippen LogP) is 2.75. The molecular weight excluding hydrogens is 148 g/mol. The first-order valence-corrected chi connectivity index (χ1v) is 4.92. The molecule has 2 nitrogen and oxygen atoms in total. The van der Waals surface area contributed by atoms with Gasteiger partial charge in [0.25, 0.3) is 0 Å². The van der Waals surface area contributed by atoms with Crippen LogP contribution >= 0.6 is 0 Å². The average molecular weight is 170 g/mol. The summed E-state index contributed by atoms with van der Waals surface area (Å²) in [5, 5.41) is 6.11. The van der Waals surface area contributed by atoms with Crippen molar-refractivity contribution in [3.8, 4) is 0 Å². The molecule has 0 aliphatic rings. The molecule has 0 spiro atoms. The number of nitrogens with zero attached hydrogens (tertiary/aromatic N) is 2. The first kappa shape index (κ1) is 11.5. The van der Waals surface area contributed by atoms with Crippen LogP contribution in [0.2, 0.25) is 0 Å². The van der Waals surface area contributed by atoms with Crippen molar-refractivity contribution in [2.24, 2.45) is 11.0 Å². The fraction of sp³-hybridized carbons (Fsp3) is 0.900. The van der Waals surface area contributed by atoms with Gasteiger partial charge in [-0.1, -0.05) is 26.7 Å². The molecule has 0 aliphatic carbocycles. The van der Waals surface area contributed by atoms with Crippen molar-refractivity contribution in [3.63, 3.8) is 0 Å². The number of hydrogen-bond donors (Lipinski definition) is 0. The van der Waals surface area contributed by atoms with E-state index in [0.29, 0.717) is 5.92 Å². The van der Waals surface area contributed by atoms with E-state index >= 15 is 0 Å². The lowest BCUT2D eigenvalue weighted by Gasteiger charge is -2.09. The minimum absolute atomic E-state index is 0.673. The number of hydrazone groups is 1. The maximum absolute atomic E-state index is 4.26. The van der Waals surface area contributed by atoms with Crippen LogP contribution in [-0.4, -0.2) is 25.3 Å². The van der Waals surface area contributed by atoms with E-state index in [1.165, 1.54) is 25.7 Å². The predicted molar refractivity (Wildman–Crippen MR) is 55.5 cm³/mol. The summed E-state index contributed by atoms with van der Waals surface area (Å²) in [5.41, 5.74) is 0. The maximum atomic E-state index is 4.26. The fourth-order valence-corrected chi connectivity index (χ4v) is 1.08. The van der Waals surface area contributed by atoms with Crippen LogP contribution < -0.4 is 0 Å². The summed E-state index contributed by atoms with van der Waals surface area (Å²) >= 11 is 0. The highest BCUT2D eigenvalue weighted by Gasteiger charge is 2.01. The lowest BCUT2D eigenvalue weighted by atomic mass is 10.0. The quantitative estimate of drug-likeness (QED) is 0.442. The highest BCUT2D eigenvalue weighted by Crippen LogP contribution is 2.09. The molecule has 0 aromatic carbocycles. The van der Waals surface area contributed by atoms with Crippen LogP contribution in [0.3, 0.4) is 0 Å². The lowest BCUT2D eigenvalue weighted by Crippen LogP contribution is -2.07. The summed E-state index contributed by atoms with van der Waals surface area (Å²) in [6.45, 7) is 4.46. The van der Waals surface area contributed by atoms with Gasteiger partial charge in [-0.15, -0.1) is 0 Å². The average Bonchev–Trinajstić information content (AvgIpc) is 2.05. The lowest BCUT2D eigenvalue weighted by molar-refractivity contribution is 0.432. The van der Waals surface area contributed by atoms with Crippen LogP contribution in [0.15, 0.2) is 5.10 Å². The van der Waals surface area contributed by atoms with Gasteiger partial charge in [-0.25, -0.2) is 0 Å². The summed E-state index contributed by atoms with van der Waals surface area (Å²) in [5.74, 6) is 0.673. The van der Waals surface area contributed by atoms with Crippen LogP contribution in [0.5, 0.6) is 0 Å². The molecular formula is C10H22N2. The normalized spacial score (nSPS) is 13.7. The largest absolute Gasteiger partial charge is 0.303 e.